The molecule has 0 atom stereocenters. The van der Waals surface area contributed by atoms with E-state index in [1.807, 2.05) is 14.2 Å². The minimum atomic E-state index is -2.59. The van der Waals surface area contributed by atoms with Crippen molar-refractivity contribution in [2.75, 3.05) is 14.2 Å². The van der Waals surface area contributed by atoms with Crippen LogP contribution in [0.1, 0.15) is 52.4 Å². The fourth-order valence-corrected chi connectivity index (χ4v) is 9.93. The number of unbranched alkanes of at least 4 members (excludes halogenated alkanes) is 4. The summed E-state index contributed by atoms with van der Waals surface area (Å²) in [5.41, 5.74) is 0. The van der Waals surface area contributed by atoms with E-state index in [2.05, 4.69) is 13.8 Å². The molecule has 3 heteroatoms. The van der Waals surface area contributed by atoms with Gasteiger partial charge in [0.05, 0.1) is 0 Å². The first kappa shape index (κ1) is 15.7. The Morgan fingerprint density at radius 1 is 0.733 bits per heavy atom. The third kappa shape index (κ3) is 6.80. The first-order valence-electron chi connectivity index (χ1n) is 6.35. The zero-order valence-electron chi connectivity index (χ0n) is 11.0. The molecule has 0 N–H and O–H groups in total. The van der Waals surface area contributed by atoms with E-state index in [-0.39, 0.29) is 0 Å². The molecule has 0 aliphatic carbocycles. The van der Waals surface area contributed by atoms with Gasteiger partial charge in [-0.05, 0) is 0 Å². The summed E-state index contributed by atoms with van der Waals surface area (Å²) in [4.78, 5) is 0. The Morgan fingerprint density at radius 2 is 1.13 bits per heavy atom. The van der Waals surface area contributed by atoms with E-state index < -0.39 is 19.2 Å². The molecular weight excluding hydrogens is 295 g/mol. The van der Waals surface area contributed by atoms with E-state index in [9.17, 15) is 0 Å². The molecule has 0 saturated carbocycles. The van der Waals surface area contributed by atoms with Crippen LogP contribution in [0, 0.1) is 0 Å². The van der Waals surface area contributed by atoms with E-state index in [0.29, 0.717) is 0 Å². The molecule has 92 valence electrons. The van der Waals surface area contributed by atoms with Crippen molar-refractivity contribution in [1.82, 2.24) is 0 Å². The van der Waals surface area contributed by atoms with Gasteiger partial charge in [-0.1, -0.05) is 0 Å². The average molecular weight is 323 g/mol. The van der Waals surface area contributed by atoms with Crippen molar-refractivity contribution in [3.8, 4) is 0 Å². The zero-order valence-corrected chi connectivity index (χ0v) is 13.8. The molecule has 2 nitrogen and oxygen atoms in total. The van der Waals surface area contributed by atoms with Crippen LogP contribution in [0.4, 0.5) is 0 Å². The topological polar surface area (TPSA) is 18.5 Å². The zero-order chi connectivity index (χ0) is 11.6. The average Bonchev–Trinajstić information content (AvgIpc) is 2.28. The van der Waals surface area contributed by atoms with Crippen molar-refractivity contribution in [2.45, 2.75) is 61.2 Å². The van der Waals surface area contributed by atoms with E-state index in [4.69, 9.17) is 6.15 Å². The molecule has 15 heavy (non-hydrogen) atoms. The Bertz CT molecular complexity index is 124. The first-order valence-corrected chi connectivity index (χ1v) is 12.7. The van der Waals surface area contributed by atoms with Crippen molar-refractivity contribution >= 4 is 19.2 Å². The van der Waals surface area contributed by atoms with Gasteiger partial charge in [0.25, 0.3) is 0 Å². The van der Waals surface area contributed by atoms with E-state index >= 15 is 0 Å². The predicted molar refractivity (Wildman–Crippen MR) is 68.4 cm³/mol. The summed E-state index contributed by atoms with van der Waals surface area (Å²) in [6.45, 7) is 4.49. The van der Waals surface area contributed by atoms with Crippen molar-refractivity contribution in [3.05, 3.63) is 0 Å². The molecule has 0 aliphatic rings. The van der Waals surface area contributed by atoms with Crippen LogP contribution in [0.5, 0.6) is 0 Å². The van der Waals surface area contributed by atoms with Crippen LogP contribution in [0.25, 0.3) is 0 Å². The molecule has 0 aromatic rings. The summed E-state index contributed by atoms with van der Waals surface area (Å²) in [6.07, 6.45) is 7.79. The summed E-state index contributed by atoms with van der Waals surface area (Å²) in [5, 5.41) is 0. The molecule has 0 radical (unpaired) electrons. The number of rotatable bonds is 10. The van der Waals surface area contributed by atoms with Crippen molar-refractivity contribution in [3.63, 3.8) is 0 Å². The number of hydrogen-bond acceptors (Lipinski definition) is 2. The molecule has 0 amide bonds. The van der Waals surface area contributed by atoms with Crippen molar-refractivity contribution < 1.29 is 6.15 Å². The molecule has 0 saturated heterocycles. The van der Waals surface area contributed by atoms with Crippen LogP contribution >= 0.6 is 0 Å². The summed E-state index contributed by atoms with van der Waals surface area (Å²) in [5.74, 6) is 0. The molecular formula is C12H28O2Sn. The molecule has 0 heterocycles. The predicted octanol–water partition coefficient (Wildman–Crippen LogP) is 4.10. The van der Waals surface area contributed by atoms with Gasteiger partial charge in [0.1, 0.15) is 0 Å². The van der Waals surface area contributed by atoms with Crippen LogP contribution < -0.4 is 0 Å². The molecule has 0 aromatic heterocycles. The molecule has 0 unspecified atom stereocenters. The van der Waals surface area contributed by atoms with Gasteiger partial charge in [-0.3, -0.25) is 0 Å². The molecule has 0 aliphatic heterocycles. The summed E-state index contributed by atoms with van der Waals surface area (Å²) >= 11 is -2.59. The van der Waals surface area contributed by atoms with E-state index in [0.717, 1.165) is 0 Å². The van der Waals surface area contributed by atoms with Gasteiger partial charge in [0.15, 0.2) is 0 Å². The third-order valence-corrected chi connectivity index (χ3v) is 13.7. The molecule has 0 bridgehead atoms. The molecule has 0 aromatic carbocycles. The Kier molecular flexibility index (Phi) is 10.4. The Morgan fingerprint density at radius 3 is 1.40 bits per heavy atom. The third-order valence-electron chi connectivity index (χ3n) is 3.07. The SMILES string of the molecule is CCCC[CH2][Sn]([CH2]CCCC)([O]C)[O]C. The minimum absolute atomic E-state index is 1.24. The van der Waals surface area contributed by atoms with Gasteiger partial charge in [0, 0.05) is 0 Å². The summed E-state index contributed by atoms with van der Waals surface area (Å²) in [6, 6.07) is 0. The maximum absolute atomic E-state index is 5.77. The quantitative estimate of drug-likeness (QED) is 0.445. The fourth-order valence-electron chi connectivity index (χ4n) is 1.91. The molecule has 0 spiro atoms. The Hall–Kier alpha value is 0.719. The van der Waals surface area contributed by atoms with Crippen LogP contribution in [-0.2, 0) is 6.15 Å². The Labute approximate surface area is 101 Å². The monoisotopic (exact) mass is 324 g/mol. The normalized spacial score (nSPS) is 12.0. The second-order valence-electron chi connectivity index (χ2n) is 4.23. The maximum atomic E-state index is 5.77. The fraction of sp³-hybridized carbons (Fsp3) is 1.00. The van der Waals surface area contributed by atoms with Gasteiger partial charge in [-0.15, -0.1) is 0 Å². The second kappa shape index (κ2) is 9.91. The van der Waals surface area contributed by atoms with Gasteiger partial charge in [-0.25, -0.2) is 0 Å². The molecule has 0 rings (SSSR count). The van der Waals surface area contributed by atoms with Gasteiger partial charge in [0.2, 0.25) is 0 Å². The van der Waals surface area contributed by atoms with Gasteiger partial charge < -0.3 is 0 Å². The summed E-state index contributed by atoms with van der Waals surface area (Å²) < 4.78 is 14.0. The van der Waals surface area contributed by atoms with Crippen molar-refractivity contribution in [2.24, 2.45) is 0 Å². The first-order chi connectivity index (χ1) is 7.24. The van der Waals surface area contributed by atoms with E-state index in [1.165, 1.54) is 47.4 Å². The summed E-state index contributed by atoms with van der Waals surface area (Å²) in [7, 11) is 3.72. The standard InChI is InChI=1S/2C5H11.2CH3O.Sn/c2*1-3-5-4-2;2*1-2;/h2*1,3-5H2,2H3;2*1H3;/q;;2*-1;+2. The second-order valence-corrected chi connectivity index (χ2v) is 14.6. The number of hydrogen-bond donors (Lipinski definition) is 0. The molecule has 0 fully saturated rings. The van der Waals surface area contributed by atoms with Crippen LogP contribution in [0.2, 0.25) is 8.87 Å². The van der Waals surface area contributed by atoms with Crippen LogP contribution in [0.3, 0.4) is 0 Å². The van der Waals surface area contributed by atoms with Gasteiger partial charge in [-0.2, -0.15) is 0 Å². The van der Waals surface area contributed by atoms with Crippen molar-refractivity contribution in [1.29, 1.82) is 0 Å². The van der Waals surface area contributed by atoms with E-state index in [1.54, 1.807) is 0 Å². The van der Waals surface area contributed by atoms with Crippen LogP contribution in [-0.4, -0.2) is 33.4 Å². The van der Waals surface area contributed by atoms with Gasteiger partial charge >= 0.3 is 101 Å². The van der Waals surface area contributed by atoms with Crippen LogP contribution in [0.15, 0.2) is 0 Å². The Balaban J connectivity index is 3.93.